The lowest BCUT2D eigenvalue weighted by Crippen LogP contribution is -2.42. The molecule has 0 bridgehead atoms. The molecule has 0 aliphatic carbocycles. The Kier molecular flexibility index (Phi) is 5.06. The predicted molar refractivity (Wildman–Crippen MR) is 94.5 cm³/mol. The smallest absolute Gasteiger partial charge is 0.409 e. The van der Waals surface area contributed by atoms with Crippen LogP contribution in [0.4, 0.5) is 10.5 Å². The Balaban J connectivity index is 1.54. The number of rotatable bonds is 5. The van der Waals surface area contributed by atoms with Crippen LogP contribution in [-0.2, 0) is 16.0 Å². The van der Waals surface area contributed by atoms with Gasteiger partial charge in [-0.2, -0.15) is 0 Å². The molecule has 1 aromatic heterocycles. The second-order valence-electron chi connectivity index (χ2n) is 5.42. The first-order chi connectivity index (χ1) is 11.6. The Morgan fingerprint density at radius 3 is 2.79 bits per heavy atom. The van der Waals surface area contributed by atoms with Gasteiger partial charge in [-0.1, -0.05) is 35.9 Å². The molecule has 2 heterocycles. The Morgan fingerprint density at radius 2 is 2.08 bits per heavy atom. The van der Waals surface area contributed by atoms with Gasteiger partial charge in [-0.05, 0) is 30.0 Å². The van der Waals surface area contributed by atoms with E-state index in [4.69, 9.17) is 16.3 Å². The van der Waals surface area contributed by atoms with Gasteiger partial charge in [0.1, 0.15) is 0 Å². The molecule has 1 aliphatic heterocycles. The summed E-state index contributed by atoms with van der Waals surface area (Å²) in [5.41, 5.74) is 0.742. The number of nitrogens with zero attached hydrogens (tertiary/aromatic N) is 1. The minimum atomic E-state index is -1.64. The van der Waals surface area contributed by atoms with Crippen molar-refractivity contribution >= 4 is 40.6 Å². The summed E-state index contributed by atoms with van der Waals surface area (Å²) in [6.45, 7) is 0.845. The molecule has 1 atom stereocenters. The summed E-state index contributed by atoms with van der Waals surface area (Å²) >= 11 is 7.89. The first-order valence-corrected chi connectivity index (χ1v) is 8.89. The number of halogens is 1. The van der Waals surface area contributed by atoms with Crippen LogP contribution in [0.5, 0.6) is 0 Å². The predicted octanol–water partition coefficient (Wildman–Crippen LogP) is 3.39. The third-order valence-corrected chi connectivity index (χ3v) is 5.13. The van der Waals surface area contributed by atoms with Crippen LogP contribution in [0.3, 0.4) is 0 Å². The Labute approximate surface area is 149 Å². The van der Waals surface area contributed by atoms with E-state index in [0.29, 0.717) is 19.5 Å². The Hall–Kier alpha value is -2.05. The second kappa shape index (κ2) is 7.23. The normalized spacial score (nSPS) is 20.2. The molecule has 1 saturated heterocycles. The van der Waals surface area contributed by atoms with E-state index >= 15 is 0 Å². The standard InChI is InChI=1S/C17H17ClN2O3S/c18-17(23-16(22)19-10-8-14-7-4-12-24-14)9-11-20(15(17)21)13-5-2-1-3-6-13/h1-7,12H,8-11H2,(H,19,22)/t17-/m1/s1. The lowest BCUT2D eigenvalue weighted by atomic mass is 10.3. The first-order valence-electron chi connectivity index (χ1n) is 7.64. The van der Waals surface area contributed by atoms with Gasteiger partial charge < -0.3 is 15.0 Å². The van der Waals surface area contributed by atoms with Crippen molar-refractivity contribution in [2.45, 2.75) is 17.9 Å². The minimum Gasteiger partial charge on any atom is -0.417 e. The number of hydrogen-bond donors (Lipinski definition) is 1. The number of ether oxygens (including phenoxy) is 1. The first kappa shape index (κ1) is 16.8. The van der Waals surface area contributed by atoms with Crippen molar-refractivity contribution in [1.82, 2.24) is 5.32 Å². The molecule has 3 rings (SSSR count). The number of thiophene rings is 1. The Bertz CT molecular complexity index is 708. The van der Waals surface area contributed by atoms with E-state index in [1.54, 1.807) is 11.3 Å². The number of alkyl carbamates (subject to hydrolysis) is 1. The lowest BCUT2D eigenvalue weighted by Gasteiger charge is -2.21. The summed E-state index contributed by atoms with van der Waals surface area (Å²) in [6.07, 6.45) is 0.289. The van der Waals surface area contributed by atoms with E-state index < -0.39 is 17.1 Å². The maximum Gasteiger partial charge on any atom is 0.409 e. The van der Waals surface area contributed by atoms with Crippen molar-refractivity contribution < 1.29 is 14.3 Å². The van der Waals surface area contributed by atoms with Crippen LogP contribution < -0.4 is 10.2 Å². The molecule has 0 saturated carbocycles. The van der Waals surface area contributed by atoms with Crippen molar-refractivity contribution in [3.8, 4) is 0 Å². The highest BCUT2D eigenvalue weighted by Gasteiger charge is 2.49. The summed E-state index contributed by atoms with van der Waals surface area (Å²) in [5.74, 6) is -0.413. The van der Waals surface area contributed by atoms with Crippen LogP contribution >= 0.6 is 22.9 Å². The van der Waals surface area contributed by atoms with Crippen LogP contribution in [0, 0.1) is 0 Å². The molecule has 126 valence electrons. The van der Waals surface area contributed by atoms with Crippen molar-refractivity contribution in [3.63, 3.8) is 0 Å². The summed E-state index contributed by atoms with van der Waals surface area (Å²) in [5, 5.41) is 2.99. The molecular formula is C17H17ClN2O3S. The van der Waals surface area contributed by atoms with Gasteiger partial charge in [0, 0.05) is 30.1 Å². The molecule has 2 aromatic rings. The zero-order chi connectivity index (χ0) is 17.0. The molecule has 7 heteroatoms. The van der Waals surface area contributed by atoms with Gasteiger partial charge >= 0.3 is 6.09 Å². The topological polar surface area (TPSA) is 58.6 Å². The van der Waals surface area contributed by atoms with E-state index in [2.05, 4.69) is 5.32 Å². The molecule has 0 radical (unpaired) electrons. The zero-order valence-electron chi connectivity index (χ0n) is 12.9. The highest BCUT2D eigenvalue weighted by Crippen LogP contribution is 2.34. The third kappa shape index (κ3) is 3.71. The number of carbonyl (C=O) groups is 2. The SMILES string of the molecule is O=C(NCCc1cccs1)O[C@]1(Cl)CCN(c2ccccc2)C1=O. The number of benzene rings is 1. The number of amides is 2. The van der Waals surface area contributed by atoms with Crippen molar-refractivity contribution in [1.29, 1.82) is 0 Å². The van der Waals surface area contributed by atoms with Crippen LogP contribution in [0.1, 0.15) is 11.3 Å². The molecule has 1 fully saturated rings. The summed E-state index contributed by atoms with van der Waals surface area (Å²) < 4.78 is 5.21. The fraction of sp³-hybridized carbons (Fsp3) is 0.294. The average molecular weight is 365 g/mol. The second-order valence-corrected chi connectivity index (χ2v) is 7.06. The lowest BCUT2D eigenvalue weighted by molar-refractivity contribution is -0.126. The number of hydrogen-bond acceptors (Lipinski definition) is 4. The van der Waals surface area contributed by atoms with Crippen molar-refractivity contribution in [2.75, 3.05) is 18.0 Å². The maximum absolute atomic E-state index is 12.5. The van der Waals surface area contributed by atoms with Crippen LogP contribution in [0.15, 0.2) is 47.8 Å². The average Bonchev–Trinajstić information content (AvgIpc) is 3.18. The highest BCUT2D eigenvalue weighted by atomic mass is 35.5. The molecule has 24 heavy (non-hydrogen) atoms. The Morgan fingerprint density at radius 1 is 1.29 bits per heavy atom. The van der Waals surface area contributed by atoms with E-state index in [-0.39, 0.29) is 6.42 Å². The van der Waals surface area contributed by atoms with E-state index in [0.717, 1.165) is 5.69 Å². The van der Waals surface area contributed by atoms with Gasteiger partial charge in [-0.3, -0.25) is 4.79 Å². The summed E-state index contributed by atoms with van der Waals surface area (Å²) in [4.78, 5) is 27.2. The largest absolute Gasteiger partial charge is 0.417 e. The number of carbonyl (C=O) groups excluding carboxylic acids is 2. The number of alkyl halides is 1. The zero-order valence-corrected chi connectivity index (χ0v) is 14.5. The molecule has 2 amide bonds. The summed E-state index contributed by atoms with van der Waals surface area (Å²) in [7, 11) is 0. The van der Waals surface area contributed by atoms with Gasteiger partial charge in [0.05, 0.1) is 0 Å². The number of nitrogens with one attached hydrogen (secondary N) is 1. The van der Waals surface area contributed by atoms with Gasteiger partial charge in [0.2, 0.25) is 0 Å². The number of anilines is 1. The quantitative estimate of drug-likeness (QED) is 0.827. The van der Waals surface area contributed by atoms with Crippen LogP contribution in [0.2, 0.25) is 0 Å². The minimum absolute atomic E-state index is 0.251. The van der Waals surface area contributed by atoms with Crippen molar-refractivity contribution in [2.24, 2.45) is 0 Å². The molecule has 1 aromatic carbocycles. The molecule has 1 N–H and O–H groups in total. The molecule has 5 nitrogen and oxygen atoms in total. The van der Waals surface area contributed by atoms with Gasteiger partial charge in [0.15, 0.2) is 0 Å². The fourth-order valence-corrected chi connectivity index (χ4v) is 3.51. The molecule has 0 unspecified atom stereocenters. The van der Waals surface area contributed by atoms with E-state index in [1.165, 1.54) is 9.78 Å². The molecule has 0 spiro atoms. The third-order valence-electron chi connectivity index (χ3n) is 3.76. The van der Waals surface area contributed by atoms with Crippen LogP contribution in [0.25, 0.3) is 0 Å². The molecule has 1 aliphatic rings. The van der Waals surface area contributed by atoms with Gasteiger partial charge in [0.25, 0.3) is 11.0 Å². The van der Waals surface area contributed by atoms with Crippen molar-refractivity contribution in [3.05, 3.63) is 52.7 Å². The summed E-state index contributed by atoms with van der Waals surface area (Å²) in [6, 6.07) is 13.2. The fourth-order valence-electron chi connectivity index (χ4n) is 2.54. The number of para-hydroxylation sites is 1. The monoisotopic (exact) mass is 364 g/mol. The maximum atomic E-state index is 12.5. The van der Waals surface area contributed by atoms with E-state index in [9.17, 15) is 9.59 Å². The van der Waals surface area contributed by atoms with Crippen LogP contribution in [-0.4, -0.2) is 30.2 Å². The molecular weight excluding hydrogens is 348 g/mol. The van der Waals surface area contributed by atoms with E-state index in [1.807, 2.05) is 47.8 Å². The van der Waals surface area contributed by atoms with Gasteiger partial charge in [-0.15, -0.1) is 11.3 Å². The van der Waals surface area contributed by atoms with Gasteiger partial charge in [-0.25, -0.2) is 4.79 Å². The highest BCUT2D eigenvalue weighted by molar-refractivity contribution is 7.09.